The predicted molar refractivity (Wildman–Crippen MR) is 342 cm³/mol. The van der Waals surface area contributed by atoms with E-state index in [0.717, 1.165) is 38.5 Å². The Labute approximate surface area is 485 Å². The van der Waals surface area contributed by atoms with Crippen molar-refractivity contribution in [3.63, 3.8) is 0 Å². The summed E-state index contributed by atoms with van der Waals surface area (Å²) in [6, 6.07) is 0. The molecule has 0 saturated heterocycles. The van der Waals surface area contributed by atoms with Gasteiger partial charge in [0.2, 0.25) is 0 Å². The maximum Gasteiger partial charge on any atom is 0.673 e. The predicted octanol–water partition coefficient (Wildman–Crippen LogP) is 26.7. The van der Waals surface area contributed by atoms with Crippen LogP contribution < -0.4 is 0 Å². The van der Waals surface area contributed by atoms with Crippen molar-refractivity contribution in [3.8, 4) is 36.1 Å². The van der Waals surface area contributed by atoms with Gasteiger partial charge < -0.3 is 13.6 Å². The zero-order chi connectivity index (χ0) is 55.4. The number of hydrogen-bond acceptors (Lipinski definition) is 4. The van der Waals surface area contributed by atoms with Crippen LogP contribution in [0.2, 0.25) is 0 Å². The number of hydrogen-bond donors (Lipinski definition) is 0. The summed E-state index contributed by atoms with van der Waals surface area (Å²) in [6.45, 7) is 6.90. The SMILES string of the molecule is CCCCCCCCCCCCCCCCCCCCCCC#COP(=O)(OC#CCCCCCCCCCCCCCCCCCCCCCC)OC#CCCCCCCCCCCCCCCCCCCCCCC. The average molecular weight is 1100 g/mol. The van der Waals surface area contributed by atoms with E-state index < -0.39 is 7.82 Å². The van der Waals surface area contributed by atoms with Gasteiger partial charge in [0.25, 0.3) is 0 Å². The molecule has 0 amide bonds. The molecule has 0 atom stereocenters. The van der Waals surface area contributed by atoms with Gasteiger partial charge in [0.1, 0.15) is 18.3 Å². The van der Waals surface area contributed by atoms with E-state index in [1.165, 1.54) is 347 Å². The molecule has 5 heteroatoms. The second-order valence-corrected chi connectivity index (χ2v) is 25.4. The molecule has 0 heterocycles. The molecular formula is C72H135O4P. The van der Waals surface area contributed by atoms with Crippen LogP contribution in [-0.2, 0) is 18.1 Å². The zero-order valence-corrected chi connectivity index (χ0v) is 53.5. The number of phosphoric ester groups is 1. The molecule has 0 spiro atoms. The quantitative estimate of drug-likeness (QED) is 0.0346. The van der Waals surface area contributed by atoms with Gasteiger partial charge in [-0.25, -0.2) is 0 Å². The molecule has 0 fully saturated rings. The molecule has 0 aliphatic rings. The van der Waals surface area contributed by atoms with E-state index in [-0.39, 0.29) is 0 Å². The summed E-state index contributed by atoms with van der Waals surface area (Å²) in [5.74, 6) is 9.10. The Kier molecular flexibility index (Phi) is 67.1. The van der Waals surface area contributed by atoms with Gasteiger partial charge in [-0.15, -0.1) is 0 Å². The average Bonchev–Trinajstić information content (AvgIpc) is 3.43. The highest BCUT2D eigenvalue weighted by atomic mass is 31.2. The monoisotopic (exact) mass is 1100 g/mol. The molecule has 0 rings (SSSR count). The summed E-state index contributed by atoms with van der Waals surface area (Å²) in [6.07, 6.45) is 92.1. The van der Waals surface area contributed by atoms with Gasteiger partial charge >= 0.3 is 7.82 Å². The molecule has 0 aromatic heterocycles. The molecule has 0 N–H and O–H groups in total. The van der Waals surface area contributed by atoms with Crippen molar-refractivity contribution >= 4 is 7.82 Å². The van der Waals surface area contributed by atoms with Crippen molar-refractivity contribution in [2.45, 2.75) is 425 Å². The standard InChI is InChI=1S/C72H135O4P/c1-4-7-10-13-16-19-22-25-28-31-34-37-40-43-46-49-52-55-58-61-64-67-70-74-77(73,75-71-68-65-62-59-56-53-50-47-44-41-38-35-32-29-26-23-20-17-14-11-8-5-2)76-72-69-66-63-60-57-54-51-48-45-42-39-36-33-30-27-24-21-18-15-12-9-6-3/h4-66H2,1-3H3. The molecule has 0 saturated carbocycles. The molecule has 0 aliphatic heterocycles. The van der Waals surface area contributed by atoms with E-state index in [9.17, 15) is 4.57 Å². The Morgan fingerprint density at radius 3 is 0.442 bits per heavy atom. The van der Waals surface area contributed by atoms with E-state index >= 15 is 0 Å². The Balaban J connectivity index is 4.29. The van der Waals surface area contributed by atoms with Crippen LogP contribution in [0.3, 0.4) is 0 Å². The fourth-order valence-electron chi connectivity index (χ4n) is 10.9. The third kappa shape index (κ3) is 66.7. The van der Waals surface area contributed by atoms with Gasteiger partial charge in [-0.2, -0.15) is 4.57 Å². The molecule has 4 nitrogen and oxygen atoms in total. The first kappa shape index (κ1) is 75.3. The third-order valence-corrected chi connectivity index (χ3v) is 17.1. The summed E-state index contributed by atoms with van der Waals surface area (Å²) >= 11 is 0. The van der Waals surface area contributed by atoms with Crippen LogP contribution in [0.1, 0.15) is 425 Å². The Morgan fingerprint density at radius 1 is 0.195 bits per heavy atom. The largest absolute Gasteiger partial charge is 0.673 e. The Morgan fingerprint density at radius 2 is 0.312 bits per heavy atom. The van der Waals surface area contributed by atoms with Gasteiger partial charge in [-0.3, -0.25) is 0 Å². The number of unbranched alkanes of at least 4 members (excludes halogenated alkanes) is 60. The lowest BCUT2D eigenvalue weighted by atomic mass is 10.0. The maximum atomic E-state index is 13.5. The first-order chi connectivity index (χ1) is 38.2. The van der Waals surface area contributed by atoms with Crippen LogP contribution in [0.15, 0.2) is 0 Å². The van der Waals surface area contributed by atoms with Crippen molar-refractivity contribution in [2.24, 2.45) is 0 Å². The maximum absolute atomic E-state index is 13.5. The normalized spacial score (nSPS) is 11.2. The molecule has 0 aromatic carbocycles. The minimum absolute atomic E-state index is 0.704. The van der Waals surface area contributed by atoms with E-state index in [4.69, 9.17) is 13.6 Å². The lowest BCUT2D eigenvalue weighted by Crippen LogP contribution is -1.90. The second-order valence-electron chi connectivity index (χ2n) is 24.0. The molecule has 0 aliphatic carbocycles. The highest BCUT2D eigenvalue weighted by molar-refractivity contribution is 7.49. The third-order valence-electron chi connectivity index (χ3n) is 16.2. The molecule has 0 aromatic rings. The van der Waals surface area contributed by atoms with Crippen molar-refractivity contribution in [3.05, 3.63) is 0 Å². The Bertz CT molecular complexity index is 1200. The zero-order valence-electron chi connectivity index (χ0n) is 52.6. The van der Waals surface area contributed by atoms with Crippen molar-refractivity contribution in [1.82, 2.24) is 0 Å². The molecule has 0 unspecified atom stereocenters. The first-order valence-electron chi connectivity index (χ1n) is 35.3. The lowest BCUT2D eigenvalue weighted by molar-refractivity contribution is 0.258. The van der Waals surface area contributed by atoms with E-state index in [0.29, 0.717) is 19.3 Å². The van der Waals surface area contributed by atoms with E-state index in [1.807, 2.05) is 0 Å². The van der Waals surface area contributed by atoms with Crippen molar-refractivity contribution < 1.29 is 18.1 Å². The van der Waals surface area contributed by atoms with Gasteiger partial charge in [0, 0.05) is 19.3 Å². The summed E-state index contributed by atoms with van der Waals surface area (Å²) in [5.41, 5.74) is 0. The van der Waals surface area contributed by atoms with Crippen molar-refractivity contribution in [2.75, 3.05) is 0 Å². The van der Waals surface area contributed by atoms with Crippen LogP contribution in [0.5, 0.6) is 0 Å². The van der Waals surface area contributed by atoms with Gasteiger partial charge in [-0.05, 0) is 19.3 Å². The van der Waals surface area contributed by atoms with E-state index in [2.05, 4.69) is 56.9 Å². The summed E-state index contributed by atoms with van der Waals surface area (Å²) < 4.78 is 29.7. The molecule has 77 heavy (non-hydrogen) atoms. The highest BCUT2D eigenvalue weighted by Crippen LogP contribution is 2.48. The molecular weight excluding hydrogens is 960 g/mol. The van der Waals surface area contributed by atoms with Crippen LogP contribution >= 0.6 is 7.82 Å². The molecule has 0 bridgehead atoms. The highest BCUT2D eigenvalue weighted by Gasteiger charge is 2.30. The fourth-order valence-corrected chi connectivity index (χ4v) is 11.5. The minimum Gasteiger partial charge on any atom is -0.331 e. The first-order valence-corrected chi connectivity index (χ1v) is 36.7. The van der Waals surface area contributed by atoms with Gasteiger partial charge in [-0.1, -0.05) is 405 Å². The topological polar surface area (TPSA) is 44.8 Å². The summed E-state index contributed by atoms with van der Waals surface area (Å²) in [5, 5.41) is 0. The van der Waals surface area contributed by atoms with Crippen LogP contribution in [0.25, 0.3) is 0 Å². The minimum atomic E-state index is -4.03. The molecule has 452 valence electrons. The smallest absolute Gasteiger partial charge is 0.331 e. The Hall–Kier alpha value is -1.69. The summed E-state index contributed by atoms with van der Waals surface area (Å²) in [4.78, 5) is 0. The number of phosphoric acid groups is 1. The summed E-state index contributed by atoms with van der Waals surface area (Å²) in [7, 11) is -4.03. The van der Waals surface area contributed by atoms with Crippen LogP contribution in [0, 0.1) is 36.1 Å². The van der Waals surface area contributed by atoms with Gasteiger partial charge in [0.05, 0.1) is 0 Å². The molecule has 0 radical (unpaired) electrons. The van der Waals surface area contributed by atoms with Gasteiger partial charge in [0.15, 0.2) is 0 Å². The van der Waals surface area contributed by atoms with Crippen molar-refractivity contribution in [1.29, 1.82) is 0 Å². The van der Waals surface area contributed by atoms with Crippen LogP contribution in [0.4, 0.5) is 0 Å². The lowest BCUT2D eigenvalue weighted by Gasteiger charge is -2.07. The van der Waals surface area contributed by atoms with E-state index in [1.54, 1.807) is 0 Å². The fraction of sp³-hybridized carbons (Fsp3) is 0.917. The second kappa shape index (κ2) is 68.6. The van der Waals surface area contributed by atoms with Crippen LogP contribution in [-0.4, -0.2) is 0 Å². The number of rotatable bonds is 63.